The number of rotatable bonds is 52. The average molecular weight is 1710 g/mol. The molecule has 0 radical (unpaired) electrons. The van der Waals surface area contributed by atoms with Gasteiger partial charge in [-0.3, -0.25) is 66.8 Å². The van der Waals surface area contributed by atoms with Crippen LogP contribution in [0.2, 0.25) is 0 Å². The molecule has 0 fully saturated rings. The van der Waals surface area contributed by atoms with Crippen LogP contribution in [0, 0.1) is 29.1 Å². The summed E-state index contributed by atoms with van der Waals surface area (Å²) in [5, 5.41) is 52.2. The molecular weight excluding hydrogens is 1610 g/mol. The number of para-hydroxylation sites is 1. The standard InChI is InChI=1S/C84H106N14O19S3/c1-10-118-119-51-57(41-71(102)67(50-116-52-99)93-81(111)61(53(2)3)44-72(103)64(32-35-77(105)106)91-82(112)66(45-78(107)108)90-54(4)100)80(110)92-65(70(101)34-28-55-26-29-56(30-27-55)79(109)87-37-20-40-117-59-47-88-75(46-85)89-48-59)42-58-49-97(95-94-58)38-19-36-86-76(104)25-15-12-18-39-98-69-33-31-60(120(113,114)115)43-63(69)84(7,8)74(98)24-14-11-13-23-73-83(5,6)62-21-16-17-22-68(62)96(73)9/h11,13-14,16-17,21-24,26-27,29-31,33,43,47-49,52-53,57,61,64-67H,10,12,15,18-20,25,28,32,34-42,44-45,50-51H2,1-9H3,(H8-,86,87,90,91,92,93,100,104,105,106,107,108,109,110,111,112,113,114,115)/p+1/t57?,61-,64-,65?,66-,67-/m1/s1. The van der Waals surface area contributed by atoms with Crippen molar-refractivity contribution < 1.29 is 94.8 Å². The van der Waals surface area contributed by atoms with Crippen LogP contribution < -0.4 is 41.5 Å². The molecule has 2 unspecified atom stereocenters. The van der Waals surface area contributed by atoms with Gasteiger partial charge in [0.1, 0.15) is 31.3 Å². The molecule has 0 spiro atoms. The molecule has 7 rings (SSSR count). The molecule has 36 heteroatoms. The van der Waals surface area contributed by atoms with Crippen LogP contribution >= 0.6 is 21.6 Å². The van der Waals surface area contributed by atoms with Crippen LogP contribution in [0.15, 0.2) is 126 Å². The first-order chi connectivity index (χ1) is 57.1. The number of nitriles is 1. The number of ether oxygens (including phenoxy) is 2. The van der Waals surface area contributed by atoms with Crippen molar-refractivity contribution in [1.82, 2.24) is 56.9 Å². The Morgan fingerprint density at radius 3 is 2.09 bits per heavy atom. The molecule has 5 aromatic rings. The van der Waals surface area contributed by atoms with Gasteiger partial charge in [-0.2, -0.15) is 18.3 Å². The number of aliphatic carboxylic acids is 2. The number of unbranched alkanes of at least 4 members (excludes halogenated alkanes) is 2. The number of likely N-dealkylation sites (N-methyl/N-ethyl adjacent to an activating group) is 1. The number of carbonyl (C=O) groups is 12. The van der Waals surface area contributed by atoms with Gasteiger partial charge in [-0.15, -0.1) is 5.10 Å². The fraction of sp³-hybridized carbons (Fsp3) is 0.476. The maximum absolute atomic E-state index is 14.8. The van der Waals surface area contributed by atoms with Crippen LogP contribution in [0.3, 0.4) is 0 Å². The summed E-state index contributed by atoms with van der Waals surface area (Å²) in [4.78, 5) is 168. The first kappa shape index (κ1) is 95.8. The van der Waals surface area contributed by atoms with E-state index in [9.17, 15) is 80.7 Å². The van der Waals surface area contributed by atoms with Crippen LogP contribution in [0.4, 0.5) is 11.4 Å². The van der Waals surface area contributed by atoms with Crippen molar-refractivity contribution in [2.24, 2.45) is 17.8 Å². The highest BCUT2D eigenvalue weighted by atomic mass is 33.1. The van der Waals surface area contributed by atoms with Crippen molar-refractivity contribution >= 4 is 120 Å². The summed E-state index contributed by atoms with van der Waals surface area (Å²) in [6, 6.07) is 15.3. The van der Waals surface area contributed by atoms with E-state index in [0.29, 0.717) is 73.5 Å². The number of fused-ring (bicyclic) bond motifs is 2. The predicted octanol–water partition coefficient (Wildman–Crippen LogP) is 7.38. The zero-order valence-corrected chi connectivity index (χ0v) is 71.3. The maximum Gasteiger partial charge on any atom is 0.305 e. The first-order valence-electron chi connectivity index (χ1n) is 39.6. The van der Waals surface area contributed by atoms with E-state index in [-0.39, 0.29) is 85.6 Å². The van der Waals surface area contributed by atoms with Gasteiger partial charge in [-0.25, -0.2) is 9.97 Å². The Balaban J connectivity index is 0.998. The van der Waals surface area contributed by atoms with Crippen LogP contribution in [-0.2, 0) is 97.8 Å². The second kappa shape index (κ2) is 46.3. The average Bonchev–Trinajstić information content (AvgIpc) is 1.59. The van der Waals surface area contributed by atoms with Gasteiger partial charge in [-0.05, 0) is 106 Å². The summed E-state index contributed by atoms with van der Waals surface area (Å²) in [7, 11) is 0.217. The number of nitrogens with one attached hydrogen (secondary N) is 6. The zero-order chi connectivity index (χ0) is 87.9. The minimum absolute atomic E-state index is 0.00158. The largest absolute Gasteiger partial charge is 0.490 e. The third kappa shape index (κ3) is 28.7. The molecule has 3 aromatic carbocycles. The van der Waals surface area contributed by atoms with Gasteiger partial charge < -0.3 is 56.5 Å². The van der Waals surface area contributed by atoms with Gasteiger partial charge in [0.05, 0.1) is 59.4 Å². The number of ketones is 3. The van der Waals surface area contributed by atoms with Crippen LogP contribution in [0.25, 0.3) is 0 Å². The van der Waals surface area contributed by atoms with Gasteiger partial charge >= 0.3 is 11.9 Å². The Morgan fingerprint density at radius 1 is 0.725 bits per heavy atom. The highest BCUT2D eigenvalue weighted by Crippen LogP contribution is 2.47. The molecular formula is C84H107N14O19S3+. The number of aryl methyl sites for hydroxylation is 2. The van der Waals surface area contributed by atoms with Gasteiger partial charge in [-0.1, -0.05) is 110 Å². The van der Waals surface area contributed by atoms with Crippen molar-refractivity contribution in [3.05, 3.63) is 155 Å². The summed E-state index contributed by atoms with van der Waals surface area (Å²) in [5.41, 5.74) is 6.52. The molecule has 0 bridgehead atoms. The molecule has 33 nitrogen and oxygen atoms in total. The summed E-state index contributed by atoms with van der Waals surface area (Å²) in [5.74, 6) is -11.1. The lowest BCUT2D eigenvalue weighted by atomic mass is 9.81. The summed E-state index contributed by atoms with van der Waals surface area (Å²) < 4.78 is 49.0. The van der Waals surface area contributed by atoms with Crippen molar-refractivity contribution in [3.63, 3.8) is 0 Å². The minimum atomic E-state index is -4.48. The molecule has 2 aromatic heterocycles. The number of Topliss-reactive ketones (excluding diaryl/α,β-unsaturated/α-hetero) is 3. The molecule has 0 saturated heterocycles. The number of allylic oxidation sites excluding steroid dienone is 6. The molecule has 6 amide bonds. The van der Waals surface area contributed by atoms with E-state index in [2.05, 4.69) is 101 Å². The number of hydrogen-bond acceptors (Lipinski definition) is 24. The maximum atomic E-state index is 14.8. The summed E-state index contributed by atoms with van der Waals surface area (Å²) in [6.45, 7) is 15.4. The van der Waals surface area contributed by atoms with Gasteiger partial charge in [0, 0.05) is 142 Å². The molecule has 2 aliphatic heterocycles. The lowest BCUT2D eigenvalue weighted by Crippen LogP contribution is -2.53. The fourth-order valence-electron chi connectivity index (χ4n) is 14.0. The second-order valence-electron chi connectivity index (χ2n) is 30.5. The van der Waals surface area contributed by atoms with E-state index >= 15 is 0 Å². The minimum Gasteiger partial charge on any atom is -0.490 e. The molecule has 6 atom stereocenters. The highest BCUT2D eigenvalue weighted by molar-refractivity contribution is 8.76. The Labute approximate surface area is 705 Å². The van der Waals surface area contributed by atoms with E-state index in [0.717, 1.165) is 35.3 Å². The number of carboxylic acid groups (broad SMARTS) is 2. The number of anilines is 1. The molecule has 0 aliphatic carbocycles. The smallest absolute Gasteiger partial charge is 0.305 e. The number of amides is 6. The van der Waals surface area contributed by atoms with Crippen LogP contribution in [-0.4, -0.2) is 205 Å². The van der Waals surface area contributed by atoms with Gasteiger partial charge in [0.2, 0.25) is 41.0 Å². The molecule has 120 heavy (non-hydrogen) atoms. The third-order valence-electron chi connectivity index (χ3n) is 20.5. The fourth-order valence-corrected chi connectivity index (χ4v) is 16.5. The van der Waals surface area contributed by atoms with E-state index in [4.69, 9.17) is 14.7 Å². The lowest BCUT2D eigenvalue weighted by molar-refractivity contribution is -0.438. The normalized spacial score (nSPS) is 15.2. The molecule has 0 saturated carbocycles. The van der Waals surface area contributed by atoms with E-state index < -0.39 is 149 Å². The number of carboxylic acids is 2. The Morgan fingerprint density at radius 2 is 1.43 bits per heavy atom. The second-order valence-corrected chi connectivity index (χ2v) is 34.7. The number of aromatic nitrogens is 5. The molecule has 9 N–H and O–H groups in total. The highest BCUT2D eigenvalue weighted by Gasteiger charge is 2.45. The van der Waals surface area contributed by atoms with E-state index in [1.54, 1.807) is 50.4 Å². The van der Waals surface area contributed by atoms with Crippen molar-refractivity contribution in [2.75, 3.05) is 56.3 Å². The summed E-state index contributed by atoms with van der Waals surface area (Å²) >= 11 is 0. The van der Waals surface area contributed by atoms with Gasteiger partial charge in [0.25, 0.3) is 22.5 Å². The monoisotopic (exact) mass is 1710 g/mol. The molecule has 2 aliphatic rings. The van der Waals surface area contributed by atoms with E-state index in [1.807, 2.05) is 63.3 Å². The Kier molecular flexibility index (Phi) is 37.0. The number of hydrogen-bond donors (Lipinski definition) is 9. The Hall–Kier alpha value is -11.3. The van der Waals surface area contributed by atoms with Crippen molar-refractivity contribution in [2.45, 2.75) is 192 Å². The number of benzene rings is 3. The summed E-state index contributed by atoms with van der Waals surface area (Å²) in [6.07, 6.45) is 14.2. The Bertz CT molecular complexity index is 4770. The quantitative estimate of drug-likeness (QED) is 0.00458. The third-order valence-corrected chi connectivity index (χ3v) is 23.9. The lowest BCUT2D eigenvalue weighted by Gasteiger charge is -2.27. The van der Waals surface area contributed by atoms with Crippen molar-refractivity contribution in [3.8, 4) is 11.8 Å². The number of nitrogens with zero attached hydrogens (tertiary/aromatic N) is 8. The molecule has 644 valence electrons. The number of carbonyl (C=O) groups excluding carboxylic acids is 10. The molecule has 4 heterocycles. The zero-order valence-electron chi connectivity index (χ0n) is 68.8. The SMILES string of the molecule is CCSSCC(CC(=O)[C@@H](COC=O)NC(=O)[C@H](CC(=O)[C@@H](CCC(=O)O)NC(=O)[C@@H](CC(=O)O)NC(C)=O)C(C)C)C(=O)NC(Cc1cn(CCCNC(=O)CCCCC[N+]2=C(/C=C/C=C/C=C3/N(C)c4ccccc4C3(C)C)C(C)(C)c3cc(S(=O)(=O)O)ccc32)nn1)C(=O)CCc1ccc(C(=O)NCCCOc2cnc(C#N)nc2)cc1. The topological polar surface area (TPSA) is 477 Å². The van der Waals surface area contributed by atoms with Crippen molar-refractivity contribution in [1.29, 1.82) is 5.26 Å². The van der Waals surface area contributed by atoms with Crippen LogP contribution in [0.5, 0.6) is 5.75 Å². The predicted molar refractivity (Wildman–Crippen MR) is 448 cm³/mol. The van der Waals surface area contributed by atoms with E-state index in [1.165, 1.54) is 56.4 Å². The van der Waals surface area contributed by atoms with Crippen LogP contribution in [0.1, 0.15) is 171 Å². The first-order valence-corrected chi connectivity index (χ1v) is 43.5. The van der Waals surface area contributed by atoms with Gasteiger partial charge in [0.15, 0.2) is 28.8 Å².